The van der Waals surface area contributed by atoms with E-state index >= 15 is 0 Å². The quantitative estimate of drug-likeness (QED) is 0.921. The van der Waals surface area contributed by atoms with Gasteiger partial charge in [-0.3, -0.25) is 14.3 Å². The lowest BCUT2D eigenvalue weighted by molar-refractivity contribution is -0.132. The largest absolute Gasteiger partial charge is 0.318 e. The van der Waals surface area contributed by atoms with Crippen molar-refractivity contribution in [1.29, 1.82) is 0 Å². The molecule has 1 aliphatic heterocycles. The highest BCUT2D eigenvalue weighted by molar-refractivity contribution is 7.84. The highest BCUT2D eigenvalue weighted by Crippen LogP contribution is 2.46. The standard InChI is InChI=1S/C15H19ClN2O2S/c1-10(9-21(2)20)18-13(11-4-3-5-12(16)8-11)17-15(6-7-15)14(18)19/h3-5,8,10,13,17H,6-7,9H2,1-2H3. The van der Waals surface area contributed by atoms with Crippen molar-refractivity contribution in [2.75, 3.05) is 12.0 Å². The topological polar surface area (TPSA) is 49.4 Å². The highest BCUT2D eigenvalue weighted by atomic mass is 35.5. The van der Waals surface area contributed by atoms with Gasteiger partial charge < -0.3 is 4.90 Å². The van der Waals surface area contributed by atoms with Gasteiger partial charge >= 0.3 is 0 Å². The Morgan fingerprint density at radius 3 is 2.81 bits per heavy atom. The van der Waals surface area contributed by atoms with Crippen LogP contribution in [-0.2, 0) is 15.6 Å². The Morgan fingerprint density at radius 2 is 2.24 bits per heavy atom. The third-order valence-electron chi connectivity index (χ3n) is 4.20. The number of halogens is 1. The summed E-state index contributed by atoms with van der Waals surface area (Å²) in [6.07, 6.45) is 3.24. The maximum absolute atomic E-state index is 12.7. The van der Waals surface area contributed by atoms with Gasteiger partial charge in [-0.15, -0.1) is 0 Å². The second-order valence-corrected chi connectivity index (χ2v) is 7.90. The van der Waals surface area contributed by atoms with Crippen molar-refractivity contribution in [3.8, 4) is 0 Å². The van der Waals surface area contributed by atoms with Crippen LogP contribution in [0.3, 0.4) is 0 Å². The minimum Gasteiger partial charge on any atom is -0.318 e. The monoisotopic (exact) mass is 326 g/mol. The Labute approximate surface area is 132 Å². The van der Waals surface area contributed by atoms with Gasteiger partial charge in [-0.1, -0.05) is 23.7 Å². The minimum atomic E-state index is -0.934. The molecular formula is C15H19ClN2O2S. The summed E-state index contributed by atoms with van der Waals surface area (Å²) in [5, 5.41) is 4.12. The van der Waals surface area contributed by atoms with Crippen molar-refractivity contribution in [2.24, 2.45) is 0 Å². The first-order valence-corrected chi connectivity index (χ1v) is 9.19. The maximum Gasteiger partial charge on any atom is 0.244 e. The summed E-state index contributed by atoms with van der Waals surface area (Å²) in [4.78, 5) is 14.6. The van der Waals surface area contributed by atoms with Crippen molar-refractivity contribution in [3.05, 3.63) is 34.9 Å². The molecule has 3 unspecified atom stereocenters. The van der Waals surface area contributed by atoms with Gasteiger partial charge in [-0.2, -0.15) is 0 Å². The number of nitrogens with one attached hydrogen (secondary N) is 1. The van der Waals surface area contributed by atoms with Gasteiger partial charge in [0.25, 0.3) is 0 Å². The summed E-state index contributed by atoms with van der Waals surface area (Å²) >= 11 is 6.08. The van der Waals surface area contributed by atoms with Crippen LogP contribution in [0, 0.1) is 0 Å². The van der Waals surface area contributed by atoms with Gasteiger partial charge in [0, 0.05) is 33.9 Å². The normalized spacial score (nSPS) is 26.1. The van der Waals surface area contributed by atoms with Crippen LogP contribution in [0.1, 0.15) is 31.5 Å². The Kier molecular flexibility index (Phi) is 3.84. The van der Waals surface area contributed by atoms with Crippen molar-refractivity contribution >= 4 is 28.3 Å². The van der Waals surface area contributed by atoms with E-state index in [2.05, 4.69) is 5.32 Å². The fourth-order valence-electron chi connectivity index (χ4n) is 3.04. The summed E-state index contributed by atoms with van der Waals surface area (Å²) in [7, 11) is -0.934. The van der Waals surface area contributed by atoms with E-state index in [0.717, 1.165) is 18.4 Å². The van der Waals surface area contributed by atoms with Crippen LogP contribution in [0.5, 0.6) is 0 Å². The van der Waals surface area contributed by atoms with Crippen molar-refractivity contribution in [2.45, 2.75) is 37.5 Å². The summed E-state index contributed by atoms with van der Waals surface area (Å²) in [5.74, 6) is 0.617. The van der Waals surface area contributed by atoms with Gasteiger partial charge in [0.15, 0.2) is 0 Å². The van der Waals surface area contributed by atoms with Gasteiger partial charge in [0.1, 0.15) is 11.7 Å². The molecule has 4 nitrogen and oxygen atoms in total. The molecule has 1 saturated carbocycles. The molecule has 1 aromatic rings. The minimum absolute atomic E-state index is 0.0696. The lowest BCUT2D eigenvalue weighted by Crippen LogP contribution is -2.41. The smallest absolute Gasteiger partial charge is 0.244 e. The molecule has 6 heteroatoms. The molecule has 21 heavy (non-hydrogen) atoms. The Morgan fingerprint density at radius 1 is 1.52 bits per heavy atom. The molecule has 3 rings (SSSR count). The first kappa shape index (κ1) is 15.0. The van der Waals surface area contributed by atoms with Crippen LogP contribution < -0.4 is 5.32 Å². The molecule has 3 atom stereocenters. The van der Waals surface area contributed by atoms with E-state index in [1.165, 1.54) is 0 Å². The van der Waals surface area contributed by atoms with E-state index in [1.54, 1.807) is 6.26 Å². The number of nitrogens with zero attached hydrogens (tertiary/aromatic N) is 1. The molecular weight excluding hydrogens is 308 g/mol. The summed E-state index contributed by atoms with van der Waals surface area (Å²) in [6.45, 7) is 1.96. The fraction of sp³-hybridized carbons (Fsp3) is 0.533. The number of carbonyl (C=O) groups is 1. The first-order valence-electron chi connectivity index (χ1n) is 7.09. The molecule has 0 radical (unpaired) electrons. The predicted molar refractivity (Wildman–Crippen MR) is 84.5 cm³/mol. The number of benzene rings is 1. The predicted octanol–water partition coefficient (Wildman–Crippen LogP) is 2.07. The number of carbonyl (C=O) groups excluding carboxylic acids is 1. The maximum atomic E-state index is 12.7. The third-order valence-corrected chi connectivity index (χ3v) is 5.39. The van der Waals surface area contributed by atoms with E-state index in [-0.39, 0.29) is 18.1 Å². The van der Waals surface area contributed by atoms with Crippen molar-refractivity contribution < 1.29 is 9.00 Å². The lowest BCUT2D eigenvalue weighted by atomic mass is 10.1. The van der Waals surface area contributed by atoms with E-state index in [1.807, 2.05) is 36.1 Å². The van der Waals surface area contributed by atoms with E-state index < -0.39 is 16.3 Å². The van der Waals surface area contributed by atoms with Gasteiger partial charge in [0.05, 0.1) is 0 Å². The number of hydrogen-bond donors (Lipinski definition) is 1. The van der Waals surface area contributed by atoms with Crippen LogP contribution >= 0.6 is 11.6 Å². The number of rotatable bonds is 4. The zero-order valence-corrected chi connectivity index (χ0v) is 13.7. The van der Waals surface area contributed by atoms with Crippen molar-refractivity contribution in [1.82, 2.24) is 10.2 Å². The Hall–Kier alpha value is -0.910. The average Bonchev–Trinajstić information content (AvgIpc) is 3.11. The molecule has 1 heterocycles. The average molecular weight is 327 g/mol. The molecule has 0 bridgehead atoms. The molecule has 1 aliphatic carbocycles. The summed E-state index contributed by atoms with van der Waals surface area (Å²) in [5.41, 5.74) is 0.588. The Bertz CT molecular complexity index is 603. The highest BCUT2D eigenvalue weighted by Gasteiger charge is 2.60. The first-order chi connectivity index (χ1) is 9.93. The van der Waals surface area contributed by atoms with E-state index in [9.17, 15) is 9.00 Å². The third kappa shape index (κ3) is 2.74. The SMILES string of the molecule is CC(CS(C)=O)N1C(=O)C2(CC2)NC1c1cccc(Cl)c1. The van der Waals surface area contributed by atoms with E-state index in [4.69, 9.17) is 11.6 Å². The number of hydrogen-bond acceptors (Lipinski definition) is 3. The molecule has 1 aromatic carbocycles. The van der Waals surface area contributed by atoms with Crippen LogP contribution in [0.4, 0.5) is 0 Å². The molecule has 1 spiro atoms. The lowest BCUT2D eigenvalue weighted by Gasteiger charge is -2.30. The van der Waals surface area contributed by atoms with Crippen LogP contribution in [0.15, 0.2) is 24.3 Å². The zero-order chi connectivity index (χ0) is 15.2. The van der Waals surface area contributed by atoms with Crippen LogP contribution in [0.2, 0.25) is 5.02 Å². The molecule has 1 saturated heterocycles. The second-order valence-electron chi connectivity index (χ2n) is 5.99. The summed E-state index contributed by atoms with van der Waals surface area (Å²) in [6, 6.07) is 7.50. The number of amides is 1. The van der Waals surface area contributed by atoms with Gasteiger partial charge in [-0.05, 0) is 37.5 Å². The summed E-state index contributed by atoms with van der Waals surface area (Å²) < 4.78 is 11.5. The molecule has 1 amide bonds. The van der Waals surface area contributed by atoms with Crippen LogP contribution in [0.25, 0.3) is 0 Å². The fourth-order valence-corrected chi connectivity index (χ4v) is 4.07. The molecule has 114 valence electrons. The van der Waals surface area contributed by atoms with Crippen LogP contribution in [-0.4, -0.2) is 38.6 Å². The van der Waals surface area contributed by atoms with Gasteiger partial charge in [-0.25, -0.2) is 0 Å². The zero-order valence-electron chi connectivity index (χ0n) is 12.1. The molecule has 0 aromatic heterocycles. The molecule has 1 N–H and O–H groups in total. The van der Waals surface area contributed by atoms with Gasteiger partial charge in [0.2, 0.25) is 5.91 Å². The molecule has 2 fully saturated rings. The Balaban J connectivity index is 1.93. The molecule has 2 aliphatic rings. The van der Waals surface area contributed by atoms with Crippen molar-refractivity contribution in [3.63, 3.8) is 0 Å². The second kappa shape index (κ2) is 5.38. The van der Waals surface area contributed by atoms with E-state index in [0.29, 0.717) is 10.8 Å².